The van der Waals surface area contributed by atoms with E-state index in [1.54, 1.807) is 6.20 Å². The molecule has 0 spiro atoms. The quantitative estimate of drug-likeness (QED) is 0.584. The van der Waals surface area contributed by atoms with Gasteiger partial charge < -0.3 is 4.98 Å². The van der Waals surface area contributed by atoms with Crippen LogP contribution in [0.4, 0.5) is 0 Å². The molecule has 0 saturated carbocycles. The molecule has 21 heavy (non-hydrogen) atoms. The Kier molecular flexibility index (Phi) is 2.59. The van der Waals surface area contributed by atoms with E-state index < -0.39 is 0 Å². The molecule has 0 atom stereocenters. The molecule has 0 aliphatic heterocycles. The van der Waals surface area contributed by atoms with Gasteiger partial charge in [-0.15, -0.1) is 0 Å². The van der Waals surface area contributed by atoms with Crippen molar-refractivity contribution >= 4 is 28.2 Å². The fourth-order valence-electron chi connectivity index (χ4n) is 2.45. The van der Waals surface area contributed by atoms with Gasteiger partial charge in [0.05, 0.1) is 11.2 Å². The Morgan fingerprint density at radius 1 is 1.05 bits per heavy atom. The minimum absolute atomic E-state index is 0.198. The number of aromatic amines is 1. The van der Waals surface area contributed by atoms with Crippen molar-refractivity contribution in [3.8, 4) is 11.3 Å². The Labute approximate surface area is 124 Å². The predicted octanol–water partition coefficient (Wildman–Crippen LogP) is 3.50. The zero-order valence-electron chi connectivity index (χ0n) is 10.9. The molecule has 0 bridgehead atoms. The highest BCUT2D eigenvalue weighted by atomic mass is 35.5. The molecule has 0 amide bonds. The normalized spacial score (nSPS) is 11.3. The maximum absolute atomic E-state index is 12.1. The molecule has 0 aliphatic carbocycles. The summed E-state index contributed by atoms with van der Waals surface area (Å²) < 4.78 is 1.53. The van der Waals surface area contributed by atoms with Crippen LogP contribution in [0, 0.1) is 0 Å². The van der Waals surface area contributed by atoms with Gasteiger partial charge in [0, 0.05) is 22.2 Å². The summed E-state index contributed by atoms with van der Waals surface area (Å²) in [6.07, 6.45) is 1.74. The summed E-state index contributed by atoms with van der Waals surface area (Å²) in [7, 11) is 0. The lowest BCUT2D eigenvalue weighted by Crippen LogP contribution is -2.15. The van der Waals surface area contributed by atoms with Crippen molar-refractivity contribution < 1.29 is 0 Å². The number of imidazole rings is 1. The molecule has 102 valence electrons. The largest absolute Gasteiger partial charge is 0.331 e. The van der Waals surface area contributed by atoms with Crippen molar-refractivity contribution in [2.75, 3.05) is 0 Å². The summed E-state index contributed by atoms with van der Waals surface area (Å²) in [5, 5.41) is 1.59. The summed E-state index contributed by atoms with van der Waals surface area (Å²) in [6, 6.07) is 15.0. The third-order valence-electron chi connectivity index (χ3n) is 3.47. The van der Waals surface area contributed by atoms with E-state index in [0.29, 0.717) is 10.7 Å². The smallest absolute Gasteiger partial charge is 0.306 e. The average Bonchev–Trinajstić information content (AvgIpc) is 2.94. The Morgan fingerprint density at radius 2 is 1.81 bits per heavy atom. The number of para-hydroxylation sites is 1. The average molecular weight is 296 g/mol. The van der Waals surface area contributed by atoms with Crippen LogP contribution >= 0.6 is 11.6 Å². The van der Waals surface area contributed by atoms with E-state index in [1.807, 2.05) is 48.5 Å². The summed E-state index contributed by atoms with van der Waals surface area (Å²) in [5.41, 5.74) is 2.90. The van der Waals surface area contributed by atoms with E-state index in [2.05, 4.69) is 9.97 Å². The molecule has 0 saturated heterocycles. The van der Waals surface area contributed by atoms with Crippen LogP contribution in [-0.4, -0.2) is 14.4 Å². The number of nitrogens with one attached hydrogen (secondary N) is 1. The zero-order valence-corrected chi connectivity index (χ0v) is 11.6. The minimum atomic E-state index is -0.198. The Hall–Kier alpha value is -2.59. The first-order valence-corrected chi connectivity index (χ1v) is 6.86. The maximum atomic E-state index is 12.1. The van der Waals surface area contributed by atoms with Crippen molar-refractivity contribution in [1.29, 1.82) is 0 Å². The Morgan fingerprint density at radius 3 is 2.62 bits per heavy atom. The fraction of sp³-hybridized carbons (Fsp3) is 0. The molecule has 4 aromatic rings. The number of H-pyrrole nitrogens is 1. The highest BCUT2D eigenvalue weighted by molar-refractivity contribution is 6.30. The molecule has 0 radical (unpaired) electrons. The topological polar surface area (TPSA) is 50.2 Å². The second-order valence-electron chi connectivity index (χ2n) is 4.80. The van der Waals surface area contributed by atoms with E-state index in [0.717, 1.165) is 22.2 Å². The van der Waals surface area contributed by atoms with Crippen LogP contribution in [0.15, 0.2) is 59.5 Å². The van der Waals surface area contributed by atoms with Crippen LogP contribution in [0.5, 0.6) is 0 Å². The highest BCUT2D eigenvalue weighted by Gasteiger charge is 2.10. The lowest BCUT2D eigenvalue weighted by atomic mass is 10.2. The molecular formula is C16H10ClN3O. The molecule has 2 heterocycles. The van der Waals surface area contributed by atoms with E-state index in [1.165, 1.54) is 4.40 Å². The van der Waals surface area contributed by atoms with Gasteiger partial charge in [-0.2, -0.15) is 0 Å². The van der Waals surface area contributed by atoms with Crippen molar-refractivity contribution in [2.24, 2.45) is 0 Å². The fourth-order valence-corrected chi connectivity index (χ4v) is 2.57. The highest BCUT2D eigenvalue weighted by Crippen LogP contribution is 2.23. The van der Waals surface area contributed by atoms with Gasteiger partial charge in [0.2, 0.25) is 0 Å². The SMILES string of the molecule is O=c1[nH]c2ccccc2c2nc(-c3ccc(Cl)cc3)cn12. The second kappa shape index (κ2) is 4.46. The van der Waals surface area contributed by atoms with Gasteiger partial charge in [0.15, 0.2) is 5.65 Å². The third kappa shape index (κ3) is 1.92. The molecule has 1 N–H and O–H groups in total. The van der Waals surface area contributed by atoms with Crippen molar-refractivity contribution in [1.82, 2.24) is 14.4 Å². The van der Waals surface area contributed by atoms with Gasteiger partial charge in [0.25, 0.3) is 0 Å². The van der Waals surface area contributed by atoms with Crippen LogP contribution in [0.2, 0.25) is 5.02 Å². The molecule has 0 fully saturated rings. The monoisotopic (exact) mass is 295 g/mol. The molecule has 2 aromatic heterocycles. The summed E-state index contributed by atoms with van der Waals surface area (Å²) in [6.45, 7) is 0. The number of hydrogen-bond donors (Lipinski definition) is 1. The standard InChI is InChI=1S/C16H10ClN3O/c17-11-7-5-10(6-8-11)14-9-20-15(18-14)12-3-1-2-4-13(12)19-16(20)21/h1-9H,(H,19,21). The number of benzene rings is 2. The zero-order chi connectivity index (χ0) is 14.4. The molecule has 5 heteroatoms. The molecule has 4 rings (SSSR count). The van der Waals surface area contributed by atoms with Crippen molar-refractivity contribution in [3.05, 3.63) is 70.2 Å². The van der Waals surface area contributed by atoms with E-state index in [4.69, 9.17) is 11.6 Å². The van der Waals surface area contributed by atoms with Crippen LogP contribution in [0.3, 0.4) is 0 Å². The van der Waals surface area contributed by atoms with Gasteiger partial charge in [-0.1, -0.05) is 35.9 Å². The number of halogens is 1. The lowest BCUT2D eigenvalue weighted by molar-refractivity contribution is 1.03. The van der Waals surface area contributed by atoms with Gasteiger partial charge in [-0.05, 0) is 24.3 Å². The number of hydrogen-bond acceptors (Lipinski definition) is 2. The second-order valence-corrected chi connectivity index (χ2v) is 5.24. The number of rotatable bonds is 1. The summed E-state index contributed by atoms with van der Waals surface area (Å²) in [4.78, 5) is 19.6. The maximum Gasteiger partial charge on any atom is 0.331 e. The van der Waals surface area contributed by atoms with Crippen LogP contribution in [0.25, 0.3) is 27.8 Å². The van der Waals surface area contributed by atoms with Gasteiger partial charge >= 0.3 is 5.69 Å². The Bertz CT molecular complexity index is 1020. The molecule has 0 unspecified atom stereocenters. The van der Waals surface area contributed by atoms with Crippen LogP contribution in [-0.2, 0) is 0 Å². The predicted molar refractivity (Wildman–Crippen MR) is 83.8 cm³/mol. The van der Waals surface area contributed by atoms with Gasteiger partial charge in [-0.25, -0.2) is 9.78 Å². The number of aromatic nitrogens is 3. The van der Waals surface area contributed by atoms with Gasteiger partial charge in [-0.3, -0.25) is 4.40 Å². The molecule has 0 aliphatic rings. The molecular weight excluding hydrogens is 286 g/mol. The summed E-state index contributed by atoms with van der Waals surface area (Å²) in [5.74, 6) is 0. The molecule has 4 nitrogen and oxygen atoms in total. The van der Waals surface area contributed by atoms with Gasteiger partial charge in [0.1, 0.15) is 0 Å². The first-order valence-electron chi connectivity index (χ1n) is 6.48. The Balaban J connectivity index is 2.05. The number of nitrogens with zero attached hydrogens (tertiary/aromatic N) is 2. The number of fused-ring (bicyclic) bond motifs is 3. The lowest BCUT2D eigenvalue weighted by Gasteiger charge is -1.98. The van der Waals surface area contributed by atoms with Crippen molar-refractivity contribution in [2.45, 2.75) is 0 Å². The van der Waals surface area contributed by atoms with E-state index in [-0.39, 0.29) is 5.69 Å². The van der Waals surface area contributed by atoms with Crippen molar-refractivity contribution in [3.63, 3.8) is 0 Å². The third-order valence-corrected chi connectivity index (χ3v) is 3.73. The van der Waals surface area contributed by atoms with Crippen LogP contribution < -0.4 is 5.69 Å². The van der Waals surface area contributed by atoms with E-state index in [9.17, 15) is 4.79 Å². The molecule has 2 aromatic carbocycles. The first-order chi connectivity index (χ1) is 10.2. The minimum Gasteiger partial charge on any atom is -0.306 e. The van der Waals surface area contributed by atoms with Crippen LogP contribution in [0.1, 0.15) is 0 Å². The van der Waals surface area contributed by atoms with E-state index >= 15 is 0 Å². The summed E-state index contributed by atoms with van der Waals surface area (Å²) >= 11 is 5.90. The first kappa shape index (κ1) is 12.2.